The molecule has 1 atom stereocenters. The molecule has 1 saturated heterocycles. The Morgan fingerprint density at radius 1 is 1.21 bits per heavy atom. The van der Waals surface area contributed by atoms with Gasteiger partial charge in [-0.3, -0.25) is 0 Å². The van der Waals surface area contributed by atoms with E-state index in [0.717, 1.165) is 19.4 Å². The number of benzene rings is 1. The van der Waals surface area contributed by atoms with Crippen molar-refractivity contribution in [3.05, 3.63) is 34.9 Å². The average molecular weight is 256 g/mol. The molecule has 0 spiro atoms. The maximum absolute atomic E-state index is 9.29. The van der Waals surface area contributed by atoms with Crippen molar-refractivity contribution < 1.29 is 0 Å². The van der Waals surface area contributed by atoms with Crippen molar-refractivity contribution in [1.82, 2.24) is 4.90 Å². The molecule has 1 aliphatic heterocycles. The Morgan fingerprint density at radius 2 is 1.95 bits per heavy atom. The van der Waals surface area contributed by atoms with Gasteiger partial charge in [-0.2, -0.15) is 5.26 Å². The van der Waals surface area contributed by atoms with Crippen LogP contribution < -0.4 is 0 Å². The Morgan fingerprint density at radius 3 is 2.58 bits per heavy atom. The van der Waals surface area contributed by atoms with Gasteiger partial charge in [-0.05, 0) is 69.3 Å². The van der Waals surface area contributed by atoms with E-state index in [1.807, 2.05) is 0 Å². The molecule has 0 radical (unpaired) electrons. The minimum absolute atomic E-state index is 0.180. The molecule has 0 N–H and O–H groups in total. The third-order valence-electron chi connectivity index (χ3n) is 4.21. The van der Waals surface area contributed by atoms with Crippen LogP contribution in [0.5, 0.6) is 0 Å². The summed E-state index contributed by atoms with van der Waals surface area (Å²) < 4.78 is 0. The van der Waals surface area contributed by atoms with Crippen molar-refractivity contribution in [1.29, 1.82) is 5.26 Å². The van der Waals surface area contributed by atoms with Gasteiger partial charge in [0.2, 0.25) is 0 Å². The molecule has 2 heteroatoms. The largest absolute Gasteiger partial charge is 0.302 e. The highest BCUT2D eigenvalue weighted by Gasteiger charge is 2.17. The molecule has 0 amide bonds. The van der Waals surface area contributed by atoms with Crippen molar-refractivity contribution in [2.45, 2.75) is 39.5 Å². The summed E-state index contributed by atoms with van der Waals surface area (Å²) in [4.78, 5) is 2.44. The summed E-state index contributed by atoms with van der Waals surface area (Å²) >= 11 is 0. The van der Waals surface area contributed by atoms with Gasteiger partial charge < -0.3 is 4.90 Å². The van der Waals surface area contributed by atoms with Crippen LogP contribution in [-0.4, -0.2) is 24.5 Å². The van der Waals surface area contributed by atoms with Crippen molar-refractivity contribution in [2.75, 3.05) is 19.6 Å². The predicted octanol–water partition coefficient (Wildman–Crippen LogP) is 3.47. The fourth-order valence-electron chi connectivity index (χ4n) is 2.77. The lowest BCUT2D eigenvalue weighted by Crippen LogP contribution is -2.26. The summed E-state index contributed by atoms with van der Waals surface area (Å²) in [6, 6.07) is 9.14. The van der Waals surface area contributed by atoms with E-state index in [1.165, 1.54) is 42.6 Å². The number of nitrogens with zero attached hydrogens (tertiary/aromatic N) is 2. The van der Waals surface area contributed by atoms with Crippen LogP contribution in [0.15, 0.2) is 18.2 Å². The maximum atomic E-state index is 9.29. The molecule has 0 aromatic heterocycles. The van der Waals surface area contributed by atoms with Crippen LogP contribution >= 0.6 is 0 Å². The third-order valence-corrected chi connectivity index (χ3v) is 4.21. The minimum atomic E-state index is 0.180. The normalized spacial score (nSPS) is 17.3. The molecule has 1 heterocycles. The lowest BCUT2D eigenvalue weighted by molar-refractivity contribution is 0.299. The standard InChI is InChI=1S/C17H24N2/c1-14-5-6-16(11-15(14)2)7-8-17(12-18)13-19-9-3-4-10-19/h5-6,11,17H,3-4,7-10,13H2,1-2H3. The van der Waals surface area contributed by atoms with Gasteiger partial charge in [0.25, 0.3) is 0 Å². The lowest BCUT2D eigenvalue weighted by Gasteiger charge is -2.18. The topological polar surface area (TPSA) is 27.0 Å². The zero-order valence-electron chi connectivity index (χ0n) is 12.2. The van der Waals surface area contributed by atoms with Gasteiger partial charge in [0.15, 0.2) is 0 Å². The van der Waals surface area contributed by atoms with Crippen LogP contribution in [0.2, 0.25) is 0 Å². The SMILES string of the molecule is Cc1ccc(CCC(C#N)CN2CCCC2)cc1C. The predicted molar refractivity (Wildman–Crippen MR) is 79.0 cm³/mol. The zero-order valence-corrected chi connectivity index (χ0v) is 12.2. The second-order valence-electron chi connectivity index (χ2n) is 5.79. The van der Waals surface area contributed by atoms with Gasteiger partial charge in [-0.15, -0.1) is 0 Å². The van der Waals surface area contributed by atoms with E-state index in [-0.39, 0.29) is 5.92 Å². The van der Waals surface area contributed by atoms with Gasteiger partial charge in [-0.1, -0.05) is 18.2 Å². The lowest BCUT2D eigenvalue weighted by atomic mass is 9.98. The van der Waals surface area contributed by atoms with Crippen molar-refractivity contribution in [3.63, 3.8) is 0 Å². The first-order valence-corrected chi connectivity index (χ1v) is 7.37. The molecule has 2 nitrogen and oxygen atoms in total. The van der Waals surface area contributed by atoms with E-state index in [4.69, 9.17) is 0 Å². The monoisotopic (exact) mass is 256 g/mol. The molecule has 1 fully saturated rings. The van der Waals surface area contributed by atoms with Crippen LogP contribution in [-0.2, 0) is 6.42 Å². The quantitative estimate of drug-likeness (QED) is 0.806. The molecule has 0 bridgehead atoms. The van der Waals surface area contributed by atoms with Gasteiger partial charge >= 0.3 is 0 Å². The van der Waals surface area contributed by atoms with Crippen molar-refractivity contribution in [2.24, 2.45) is 5.92 Å². The Labute approximate surface area is 117 Å². The van der Waals surface area contributed by atoms with Crippen molar-refractivity contribution in [3.8, 4) is 6.07 Å². The first-order valence-electron chi connectivity index (χ1n) is 7.37. The number of nitriles is 1. The maximum Gasteiger partial charge on any atom is 0.0669 e. The molecular formula is C17H24N2. The van der Waals surface area contributed by atoms with Gasteiger partial charge in [0.1, 0.15) is 0 Å². The number of rotatable bonds is 5. The van der Waals surface area contributed by atoms with E-state index < -0.39 is 0 Å². The first kappa shape index (κ1) is 14.1. The molecule has 19 heavy (non-hydrogen) atoms. The van der Waals surface area contributed by atoms with E-state index in [1.54, 1.807) is 0 Å². The van der Waals surface area contributed by atoms with E-state index in [0.29, 0.717) is 0 Å². The highest BCUT2D eigenvalue weighted by Crippen LogP contribution is 2.16. The summed E-state index contributed by atoms with van der Waals surface area (Å²) in [5, 5.41) is 9.29. The molecule has 1 aliphatic rings. The molecule has 2 rings (SSSR count). The molecule has 1 aromatic carbocycles. The second kappa shape index (κ2) is 6.73. The highest BCUT2D eigenvalue weighted by atomic mass is 15.1. The van der Waals surface area contributed by atoms with Crippen LogP contribution in [0.25, 0.3) is 0 Å². The minimum Gasteiger partial charge on any atom is -0.302 e. The summed E-state index contributed by atoms with van der Waals surface area (Å²) in [6.07, 6.45) is 4.60. The first-order chi connectivity index (χ1) is 9.19. The molecule has 0 aliphatic carbocycles. The third kappa shape index (κ3) is 4.08. The van der Waals surface area contributed by atoms with Crippen LogP contribution in [0, 0.1) is 31.1 Å². The summed E-state index contributed by atoms with van der Waals surface area (Å²) in [5.41, 5.74) is 4.06. The van der Waals surface area contributed by atoms with Gasteiger partial charge in [0.05, 0.1) is 12.0 Å². The number of aryl methyl sites for hydroxylation is 3. The van der Waals surface area contributed by atoms with Gasteiger partial charge in [0, 0.05) is 6.54 Å². The molecule has 1 unspecified atom stereocenters. The summed E-state index contributed by atoms with van der Waals surface area (Å²) in [7, 11) is 0. The number of hydrogen-bond donors (Lipinski definition) is 0. The van der Waals surface area contributed by atoms with Crippen LogP contribution in [0.1, 0.15) is 36.0 Å². The van der Waals surface area contributed by atoms with E-state index in [9.17, 15) is 5.26 Å². The Bertz CT molecular complexity index is 453. The summed E-state index contributed by atoms with van der Waals surface area (Å²) in [6.45, 7) is 7.63. The Balaban J connectivity index is 1.85. The van der Waals surface area contributed by atoms with Crippen LogP contribution in [0.3, 0.4) is 0 Å². The molecule has 0 saturated carbocycles. The highest BCUT2D eigenvalue weighted by molar-refractivity contribution is 5.30. The van der Waals surface area contributed by atoms with Gasteiger partial charge in [-0.25, -0.2) is 0 Å². The fourth-order valence-corrected chi connectivity index (χ4v) is 2.77. The number of likely N-dealkylation sites (tertiary alicyclic amines) is 1. The molecule has 102 valence electrons. The summed E-state index contributed by atoms with van der Waals surface area (Å²) in [5.74, 6) is 0.180. The zero-order chi connectivity index (χ0) is 13.7. The van der Waals surface area contributed by atoms with Crippen LogP contribution in [0.4, 0.5) is 0 Å². The Kier molecular flexibility index (Phi) is 4.99. The number of hydrogen-bond acceptors (Lipinski definition) is 2. The molecule has 1 aromatic rings. The Hall–Kier alpha value is -1.33. The second-order valence-corrected chi connectivity index (χ2v) is 5.79. The van der Waals surface area contributed by atoms with Crippen molar-refractivity contribution >= 4 is 0 Å². The molecular weight excluding hydrogens is 232 g/mol. The smallest absolute Gasteiger partial charge is 0.0669 e. The van der Waals surface area contributed by atoms with E-state index >= 15 is 0 Å². The fraction of sp³-hybridized carbons (Fsp3) is 0.588. The average Bonchev–Trinajstić information content (AvgIpc) is 2.91. The van der Waals surface area contributed by atoms with E-state index in [2.05, 4.69) is 43.0 Å².